The number of benzene rings is 2. The number of nitrogens with zero attached hydrogens (tertiary/aromatic N) is 1. The molecule has 2 rings (SSSR count). The van der Waals surface area contributed by atoms with Gasteiger partial charge in [-0.3, -0.25) is 9.59 Å². The van der Waals surface area contributed by atoms with Crippen LogP contribution in [0.15, 0.2) is 54.6 Å². The molecule has 0 N–H and O–H groups in total. The Bertz CT molecular complexity index is 695. The topological polar surface area (TPSA) is 37.4 Å². The lowest BCUT2D eigenvalue weighted by atomic mass is 10.0. The summed E-state index contributed by atoms with van der Waals surface area (Å²) in [6.45, 7) is 8.01. The summed E-state index contributed by atoms with van der Waals surface area (Å²) in [7, 11) is 0. The van der Waals surface area contributed by atoms with E-state index in [-0.39, 0.29) is 36.6 Å². The normalized spacial score (nSPS) is 11.0. The van der Waals surface area contributed by atoms with E-state index in [9.17, 15) is 9.59 Å². The SMILES string of the molecule is CC(C)N(C(=O)CCC(=O)c1ccc(-c2ccccc2)cc1)C(C)C. The predicted molar refractivity (Wildman–Crippen MR) is 103 cm³/mol. The molecule has 3 nitrogen and oxygen atoms in total. The van der Waals surface area contributed by atoms with Gasteiger partial charge in [0.15, 0.2) is 5.78 Å². The van der Waals surface area contributed by atoms with Crippen LogP contribution in [0.5, 0.6) is 0 Å². The molecule has 132 valence electrons. The van der Waals surface area contributed by atoms with Gasteiger partial charge >= 0.3 is 0 Å². The number of hydrogen-bond acceptors (Lipinski definition) is 2. The number of ketones is 1. The van der Waals surface area contributed by atoms with Crippen LogP contribution in [0.4, 0.5) is 0 Å². The Labute approximate surface area is 150 Å². The second-order valence-electron chi connectivity index (χ2n) is 6.86. The Kier molecular flexibility index (Phi) is 6.51. The van der Waals surface area contributed by atoms with Crippen LogP contribution in [-0.2, 0) is 4.79 Å². The maximum absolute atomic E-state index is 12.4. The summed E-state index contributed by atoms with van der Waals surface area (Å²) in [6, 6.07) is 18.0. The molecule has 3 heteroatoms. The van der Waals surface area contributed by atoms with Crippen molar-refractivity contribution in [2.24, 2.45) is 0 Å². The minimum atomic E-state index is 0.0143. The Balaban J connectivity index is 1.98. The van der Waals surface area contributed by atoms with Crippen molar-refractivity contribution < 1.29 is 9.59 Å². The van der Waals surface area contributed by atoms with Crippen molar-refractivity contribution in [2.75, 3.05) is 0 Å². The maximum atomic E-state index is 12.4. The summed E-state index contributed by atoms with van der Waals surface area (Å²) in [5.41, 5.74) is 2.87. The third kappa shape index (κ3) is 5.02. The van der Waals surface area contributed by atoms with E-state index in [1.54, 1.807) is 0 Å². The Hall–Kier alpha value is -2.42. The molecule has 0 aliphatic heterocycles. The monoisotopic (exact) mass is 337 g/mol. The molecule has 0 aliphatic rings. The van der Waals surface area contributed by atoms with Gasteiger partial charge in [0, 0.05) is 30.5 Å². The molecule has 0 saturated heterocycles. The van der Waals surface area contributed by atoms with E-state index in [0.717, 1.165) is 11.1 Å². The third-order valence-electron chi connectivity index (χ3n) is 4.28. The lowest BCUT2D eigenvalue weighted by Crippen LogP contribution is -2.42. The van der Waals surface area contributed by atoms with E-state index in [0.29, 0.717) is 5.56 Å². The molecular weight excluding hydrogens is 310 g/mol. The molecule has 0 fully saturated rings. The van der Waals surface area contributed by atoms with E-state index >= 15 is 0 Å². The van der Waals surface area contributed by atoms with Crippen LogP contribution in [0.2, 0.25) is 0 Å². The van der Waals surface area contributed by atoms with Gasteiger partial charge in [0.25, 0.3) is 0 Å². The Morgan fingerprint density at radius 1 is 0.760 bits per heavy atom. The number of carbonyl (C=O) groups is 2. The number of hydrogen-bond donors (Lipinski definition) is 0. The molecule has 0 radical (unpaired) electrons. The molecule has 0 saturated carbocycles. The molecule has 2 aromatic rings. The van der Waals surface area contributed by atoms with Gasteiger partial charge < -0.3 is 4.90 Å². The summed E-state index contributed by atoms with van der Waals surface area (Å²) in [5, 5.41) is 0. The van der Waals surface area contributed by atoms with Crippen molar-refractivity contribution in [3.8, 4) is 11.1 Å². The highest BCUT2D eigenvalue weighted by Gasteiger charge is 2.20. The second-order valence-corrected chi connectivity index (χ2v) is 6.86. The van der Waals surface area contributed by atoms with Crippen molar-refractivity contribution in [2.45, 2.75) is 52.6 Å². The summed E-state index contributed by atoms with van der Waals surface area (Å²) >= 11 is 0. The minimum Gasteiger partial charge on any atom is -0.338 e. The first kappa shape index (κ1) is 18.9. The first-order valence-electron chi connectivity index (χ1n) is 8.90. The molecule has 0 atom stereocenters. The highest BCUT2D eigenvalue weighted by molar-refractivity contribution is 5.98. The minimum absolute atomic E-state index is 0.0143. The lowest BCUT2D eigenvalue weighted by Gasteiger charge is -2.30. The van der Waals surface area contributed by atoms with Crippen molar-refractivity contribution in [3.05, 3.63) is 60.2 Å². The third-order valence-corrected chi connectivity index (χ3v) is 4.28. The first-order chi connectivity index (χ1) is 11.9. The average molecular weight is 337 g/mol. The van der Waals surface area contributed by atoms with Crippen LogP contribution >= 0.6 is 0 Å². The van der Waals surface area contributed by atoms with E-state index in [2.05, 4.69) is 0 Å². The number of Topliss-reactive ketones (excluding diaryl/α,β-unsaturated/α-hetero) is 1. The highest BCUT2D eigenvalue weighted by Crippen LogP contribution is 2.20. The van der Waals surface area contributed by atoms with Gasteiger partial charge in [0.1, 0.15) is 0 Å². The molecule has 0 aromatic heterocycles. The Morgan fingerprint density at radius 2 is 1.28 bits per heavy atom. The van der Waals surface area contributed by atoms with E-state index in [4.69, 9.17) is 0 Å². The van der Waals surface area contributed by atoms with Gasteiger partial charge in [-0.2, -0.15) is 0 Å². The fourth-order valence-electron chi connectivity index (χ4n) is 3.15. The van der Waals surface area contributed by atoms with Crippen LogP contribution < -0.4 is 0 Å². The van der Waals surface area contributed by atoms with Gasteiger partial charge in [0.05, 0.1) is 0 Å². The molecule has 0 heterocycles. The van der Waals surface area contributed by atoms with Crippen molar-refractivity contribution >= 4 is 11.7 Å². The summed E-state index contributed by atoms with van der Waals surface area (Å²) in [5.74, 6) is 0.0553. The molecule has 2 aromatic carbocycles. The summed E-state index contributed by atoms with van der Waals surface area (Å²) in [6.07, 6.45) is 0.509. The number of carbonyl (C=O) groups excluding carboxylic acids is 2. The van der Waals surface area contributed by atoms with Crippen LogP contribution in [0, 0.1) is 0 Å². The quantitative estimate of drug-likeness (QED) is 0.670. The summed E-state index contributed by atoms with van der Waals surface area (Å²) < 4.78 is 0. The number of rotatable bonds is 7. The molecule has 1 amide bonds. The molecule has 0 aliphatic carbocycles. The molecule has 0 unspecified atom stereocenters. The average Bonchev–Trinajstić information content (AvgIpc) is 2.60. The smallest absolute Gasteiger partial charge is 0.223 e. The second kappa shape index (κ2) is 8.61. The maximum Gasteiger partial charge on any atom is 0.223 e. The zero-order valence-corrected chi connectivity index (χ0v) is 15.5. The van der Waals surface area contributed by atoms with E-state index < -0.39 is 0 Å². The standard InChI is InChI=1S/C22H27NO2/c1-16(2)23(17(3)4)22(25)15-14-21(24)20-12-10-19(11-13-20)18-8-6-5-7-9-18/h5-13,16-17H,14-15H2,1-4H3. The Morgan fingerprint density at radius 3 is 1.80 bits per heavy atom. The lowest BCUT2D eigenvalue weighted by molar-refractivity contribution is -0.134. The van der Waals surface area contributed by atoms with Crippen LogP contribution in [0.25, 0.3) is 11.1 Å². The fraction of sp³-hybridized carbons (Fsp3) is 0.364. The van der Waals surface area contributed by atoms with E-state index in [1.807, 2.05) is 87.2 Å². The first-order valence-corrected chi connectivity index (χ1v) is 8.90. The van der Waals surface area contributed by atoms with Crippen molar-refractivity contribution in [1.29, 1.82) is 0 Å². The van der Waals surface area contributed by atoms with Gasteiger partial charge in [-0.05, 0) is 38.8 Å². The van der Waals surface area contributed by atoms with Crippen molar-refractivity contribution in [1.82, 2.24) is 4.90 Å². The molecule has 0 spiro atoms. The van der Waals surface area contributed by atoms with Gasteiger partial charge in [-0.25, -0.2) is 0 Å². The van der Waals surface area contributed by atoms with Gasteiger partial charge in [-0.1, -0.05) is 54.6 Å². The summed E-state index contributed by atoms with van der Waals surface area (Å²) in [4.78, 5) is 26.6. The van der Waals surface area contributed by atoms with Crippen LogP contribution in [0.1, 0.15) is 50.9 Å². The van der Waals surface area contributed by atoms with Crippen LogP contribution in [0.3, 0.4) is 0 Å². The zero-order valence-electron chi connectivity index (χ0n) is 15.5. The number of amides is 1. The molecule has 25 heavy (non-hydrogen) atoms. The predicted octanol–water partition coefficient (Wildman–Crippen LogP) is 4.96. The highest BCUT2D eigenvalue weighted by atomic mass is 16.2. The largest absolute Gasteiger partial charge is 0.338 e. The fourth-order valence-corrected chi connectivity index (χ4v) is 3.15. The molecule has 0 bridgehead atoms. The molecular formula is C22H27NO2. The zero-order chi connectivity index (χ0) is 18.4. The van der Waals surface area contributed by atoms with E-state index in [1.165, 1.54) is 0 Å². The van der Waals surface area contributed by atoms with Crippen molar-refractivity contribution in [3.63, 3.8) is 0 Å². The van der Waals surface area contributed by atoms with Gasteiger partial charge in [-0.15, -0.1) is 0 Å². The van der Waals surface area contributed by atoms with Crippen LogP contribution in [-0.4, -0.2) is 28.7 Å². The van der Waals surface area contributed by atoms with Gasteiger partial charge in [0.2, 0.25) is 5.91 Å².